The lowest BCUT2D eigenvalue weighted by Gasteiger charge is -2.40. The maximum atomic E-state index is 10.6. The number of halogens is 2. The zero-order valence-corrected chi connectivity index (χ0v) is 13.2. The molecule has 0 radical (unpaired) electrons. The first kappa shape index (κ1) is 14.5. The molecule has 1 heterocycles. The fraction of sp³-hybridized carbons (Fsp3) is 0.538. The standard InChI is InChI=1S/C13H17Br2NO2/c14-10-2-1-9(7-11(10)15)12(17)13(8-16)3-5-18-6-4-13/h1-2,7,12,17H,3-6,8,16H2. The van der Waals surface area contributed by atoms with Crippen LogP contribution < -0.4 is 5.73 Å². The van der Waals surface area contributed by atoms with Crippen LogP contribution in [0.1, 0.15) is 24.5 Å². The van der Waals surface area contributed by atoms with Crippen molar-refractivity contribution in [3.63, 3.8) is 0 Å². The zero-order valence-electron chi connectivity index (χ0n) is 10.0. The molecule has 1 fully saturated rings. The summed E-state index contributed by atoms with van der Waals surface area (Å²) < 4.78 is 7.29. The van der Waals surface area contributed by atoms with E-state index in [1.165, 1.54) is 0 Å². The summed E-state index contributed by atoms with van der Waals surface area (Å²) in [5.41, 5.74) is 6.55. The molecule has 1 aliphatic rings. The number of aliphatic hydroxyl groups is 1. The number of aliphatic hydroxyl groups excluding tert-OH is 1. The molecule has 1 saturated heterocycles. The molecule has 1 aromatic rings. The fourth-order valence-corrected chi connectivity index (χ4v) is 3.05. The Morgan fingerprint density at radius 2 is 1.94 bits per heavy atom. The monoisotopic (exact) mass is 377 g/mol. The van der Waals surface area contributed by atoms with Crippen molar-refractivity contribution in [3.05, 3.63) is 32.7 Å². The molecular weight excluding hydrogens is 362 g/mol. The van der Waals surface area contributed by atoms with E-state index in [1.807, 2.05) is 18.2 Å². The van der Waals surface area contributed by atoms with Crippen LogP contribution in [0, 0.1) is 5.41 Å². The fourth-order valence-electron chi connectivity index (χ4n) is 2.40. The molecule has 1 aliphatic heterocycles. The third-order valence-electron chi connectivity index (χ3n) is 3.73. The lowest BCUT2D eigenvalue weighted by Crippen LogP contribution is -2.41. The molecule has 0 saturated carbocycles. The first-order valence-corrected chi connectivity index (χ1v) is 7.58. The van der Waals surface area contributed by atoms with Crippen molar-refractivity contribution in [1.29, 1.82) is 0 Å². The van der Waals surface area contributed by atoms with Gasteiger partial charge >= 0.3 is 0 Å². The van der Waals surface area contributed by atoms with Crippen LogP contribution in [0.5, 0.6) is 0 Å². The van der Waals surface area contributed by atoms with Gasteiger partial charge in [-0.3, -0.25) is 0 Å². The third-order valence-corrected chi connectivity index (χ3v) is 5.61. The van der Waals surface area contributed by atoms with Crippen LogP contribution in [0.2, 0.25) is 0 Å². The van der Waals surface area contributed by atoms with Gasteiger partial charge in [0.2, 0.25) is 0 Å². The second kappa shape index (κ2) is 6.01. The van der Waals surface area contributed by atoms with Gasteiger partial charge < -0.3 is 15.6 Å². The molecule has 3 nitrogen and oxygen atoms in total. The number of ether oxygens (including phenoxy) is 1. The summed E-state index contributed by atoms with van der Waals surface area (Å²) in [7, 11) is 0. The Balaban J connectivity index is 2.27. The van der Waals surface area contributed by atoms with Gasteiger partial charge in [0.1, 0.15) is 0 Å². The molecule has 100 valence electrons. The highest BCUT2D eigenvalue weighted by Gasteiger charge is 2.39. The molecule has 3 N–H and O–H groups in total. The Bertz CT molecular complexity index is 419. The Morgan fingerprint density at radius 3 is 2.50 bits per heavy atom. The maximum absolute atomic E-state index is 10.6. The van der Waals surface area contributed by atoms with Crippen LogP contribution >= 0.6 is 31.9 Å². The minimum Gasteiger partial charge on any atom is -0.388 e. The molecule has 0 aliphatic carbocycles. The number of nitrogens with two attached hydrogens (primary N) is 1. The van der Waals surface area contributed by atoms with E-state index < -0.39 is 6.10 Å². The van der Waals surface area contributed by atoms with Gasteiger partial charge in [-0.15, -0.1) is 0 Å². The molecule has 0 aromatic heterocycles. The molecule has 5 heteroatoms. The van der Waals surface area contributed by atoms with Crippen molar-refractivity contribution in [2.45, 2.75) is 18.9 Å². The summed E-state index contributed by atoms with van der Waals surface area (Å²) in [6.07, 6.45) is 1.06. The summed E-state index contributed by atoms with van der Waals surface area (Å²) in [6.45, 7) is 1.82. The quantitative estimate of drug-likeness (QED) is 0.849. The van der Waals surface area contributed by atoms with E-state index in [1.54, 1.807) is 0 Å². The SMILES string of the molecule is NCC1(C(O)c2ccc(Br)c(Br)c2)CCOCC1. The van der Waals surface area contributed by atoms with Crippen molar-refractivity contribution in [3.8, 4) is 0 Å². The van der Waals surface area contributed by atoms with Gasteiger partial charge in [0, 0.05) is 34.1 Å². The van der Waals surface area contributed by atoms with Crippen molar-refractivity contribution in [2.75, 3.05) is 19.8 Å². The van der Waals surface area contributed by atoms with E-state index in [0.717, 1.165) is 27.4 Å². The van der Waals surface area contributed by atoms with Crippen molar-refractivity contribution in [1.82, 2.24) is 0 Å². The number of benzene rings is 1. The zero-order chi connectivity index (χ0) is 13.2. The van der Waals surface area contributed by atoms with Gasteiger partial charge in [0.15, 0.2) is 0 Å². The molecule has 2 rings (SSSR count). The van der Waals surface area contributed by atoms with Crippen LogP contribution in [0.15, 0.2) is 27.1 Å². The van der Waals surface area contributed by atoms with E-state index in [2.05, 4.69) is 31.9 Å². The summed E-state index contributed by atoms with van der Waals surface area (Å²) in [4.78, 5) is 0. The predicted octanol–water partition coefficient (Wildman–Crippen LogP) is 3.00. The van der Waals surface area contributed by atoms with Crippen molar-refractivity contribution < 1.29 is 9.84 Å². The van der Waals surface area contributed by atoms with Crippen molar-refractivity contribution in [2.24, 2.45) is 11.1 Å². The van der Waals surface area contributed by atoms with E-state index in [4.69, 9.17) is 10.5 Å². The Morgan fingerprint density at radius 1 is 1.28 bits per heavy atom. The predicted molar refractivity (Wildman–Crippen MR) is 78.3 cm³/mol. The van der Waals surface area contributed by atoms with Gasteiger partial charge in [-0.2, -0.15) is 0 Å². The summed E-state index contributed by atoms with van der Waals surface area (Å²) in [6, 6.07) is 5.82. The van der Waals surface area contributed by atoms with Crippen LogP contribution in [0.3, 0.4) is 0 Å². The van der Waals surface area contributed by atoms with E-state index >= 15 is 0 Å². The van der Waals surface area contributed by atoms with Crippen molar-refractivity contribution >= 4 is 31.9 Å². The van der Waals surface area contributed by atoms with E-state index in [0.29, 0.717) is 19.8 Å². The van der Waals surface area contributed by atoms with Gasteiger partial charge in [-0.1, -0.05) is 6.07 Å². The molecule has 1 unspecified atom stereocenters. The molecule has 18 heavy (non-hydrogen) atoms. The second-order valence-electron chi connectivity index (χ2n) is 4.75. The molecular formula is C13H17Br2NO2. The number of hydrogen-bond acceptors (Lipinski definition) is 3. The average molecular weight is 379 g/mol. The van der Waals surface area contributed by atoms with E-state index in [-0.39, 0.29) is 5.41 Å². The van der Waals surface area contributed by atoms with Crippen LogP contribution in [0.25, 0.3) is 0 Å². The van der Waals surface area contributed by atoms with Crippen LogP contribution in [-0.4, -0.2) is 24.9 Å². The van der Waals surface area contributed by atoms with E-state index in [9.17, 15) is 5.11 Å². The third kappa shape index (κ3) is 2.80. The smallest absolute Gasteiger partial charge is 0.0860 e. The summed E-state index contributed by atoms with van der Waals surface area (Å²) in [5.74, 6) is 0. The minimum absolute atomic E-state index is 0.258. The summed E-state index contributed by atoms with van der Waals surface area (Å²) >= 11 is 6.90. The largest absolute Gasteiger partial charge is 0.388 e. The van der Waals surface area contributed by atoms with Crippen LogP contribution in [-0.2, 0) is 4.74 Å². The summed E-state index contributed by atoms with van der Waals surface area (Å²) in [5, 5.41) is 10.6. The van der Waals surface area contributed by atoms with Gasteiger partial charge in [0.25, 0.3) is 0 Å². The highest BCUT2D eigenvalue weighted by atomic mass is 79.9. The molecule has 0 bridgehead atoms. The molecule has 0 spiro atoms. The minimum atomic E-state index is -0.546. The van der Waals surface area contributed by atoms with Gasteiger partial charge in [0.05, 0.1) is 6.10 Å². The normalized spacial score (nSPS) is 20.7. The number of hydrogen-bond donors (Lipinski definition) is 2. The lowest BCUT2D eigenvalue weighted by molar-refractivity contribution is -0.0581. The molecule has 0 amide bonds. The molecule has 1 aromatic carbocycles. The highest BCUT2D eigenvalue weighted by Crippen LogP contribution is 2.42. The Labute approximate surface area is 124 Å². The number of rotatable bonds is 3. The second-order valence-corrected chi connectivity index (χ2v) is 6.46. The van der Waals surface area contributed by atoms with Crippen LogP contribution in [0.4, 0.5) is 0 Å². The molecule has 1 atom stereocenters. The first-order chi connectivity index (χ1) is 8.59. The maximum Gasteiger partial charge on any atom is 0.0860 e. The first-order valence-electron chi connectivity index (χ1n) is 6.00. The van der Waals surface area contributed by atoms with Gasteiger partial charge in [-0.25, -0.2) is 0 Å². The highest BCUT2D eigenvalue weighted by molar-refractivity contribution is 9.13. The van der Waals surface area contributed by atoms with Gasteiger partial charge in [-0.05, 0) is 62.4 Å². The lowest BCUT2D eigenvalue weighted by atomic mass is 9.73. The average Bonchev–Trinajstić information content (AvgIpc) is 2.42. The Hall–Kier alpha value is 0.0600. The Kier molecular flexibility index (Phi) is 4.83. The topological polar surface area (TPSA) is 55.5 Å².